The molecule has 2 aromatic carbocycles. The Bertz CT molecular complexity index is 1780. The molecule has 1 saturated heterocycles. The smallest absolute Gasteiger partial charge is 0.255 e. The molecule has 0 bridgehead atoms. The van der Waals surface area contributed by atoms with Gasteiger partial charge in [0.2, 0.25) is 0 Å². The molecule has 192 valence electrons. The monoisotopic (exact) mass is 517 g/mol. The van der Waals surface area contributed by atoms with Crippen LogP contribution in [0.4, 0.5) is 19.0 Å². The number of hydrogen-bond acceptors (Lipinski definition) is 6. The molecule has 38 heavy (non-hydrogen) atoms. The van der Waals surface area contributed by atoms with Crippen molar-refractivity contribution >= 4 is 27.8 Å². The molecule has 5 aromatic rings. The van der Waals surface area contributed by atoms with Gasteiger partial charge < -0.3 is 15.6 Å². The molecule has 1 aliphatic heterocycles. The van der Waals surface area contributed by atoms with E-state index in [4.69, 9.17) is 10.7 Å². The molecule has 3 aromatic heterocycles. The fourth-order valence-corrected chi connectivity index (χ4v) is 6.40. The molecular weight excluding hydrogens is 495 g/mol. The fourth-order valence-electron chi connectivity index (χ4n) is 6.40. The average Bonchev–Trinajstić information content (AvgIpc) is 3.39. The summed E-state index contributed by atoms with van der Waals surface area (Å²) in [6.07, 6.45) is 3.83. The van der Waals surface area contributed by atoms with Gasteiger partial charge in [0, 0.05) is 53.6 Å². The van der Waals surface area contributed by atoms with Gasteiger partial charge in [0.1, 0.15) is 34.5 Å². The van der Waals surface area contributed by atoms with E-state index in [1.807, 2.05) is 0 Å². The van der Waals surface area contributed by atoms with E-state index in [0.29, 0.717) is 47.9 Å². The van der Waals surface area contributed by atoms with Crippen molar-refractivity contribution in [3.05, 3.63) is 82.2 Å². The van der Waals surface area contributed by atoms with E-state index in [1.54, 1.807) is 12.3 Å². The number of nitrogens with two attached hydrogens (primary N) is 1. The number of nitrogens with zero attached hydrogens (tertiary/aromatic N) is 4. The lowest BCUT2D eigenvalue weighted by Crippen LogP contribution is -2.32. The zero-order valence-corrected chi connectivity index (χ0v) is 20.0. The van der Waals surface area contributed by atoms with Crippen molar-refractivity contribution in [1.82, 2.24) is 25.1 Å². The Hall–Kier alpha value is -4.25. The number of hydrogen-bond donors (Lipinski definition) is 3. The second kappa shape index (κ2) is 8.12. The third-order valence-corrected chi connectivity index (χ3v) is 8.29. The van der Waals surface area contributed by atoms with Gasteiger partial charge in [-0.15, -0.1) is 0 Å². The molecule has 0 amide bonds. The third kappa shape index (κ3) is 3.21. The Balaban J connectivity index is 1.20. The first-order chi connectivity index (χ1) is 18.4. The summed E-state index contributed by atoms with van der Waals surface area (Å²) in [5.74, 6) is -0.769. The number of pyridine rings is 1. The van der Waals surface area contributed by atoms with E-state index in [0.717, 1.165) is 12.5 Å². The Morgan fingerprint density at radius 2 is 1.89 bits per heavy atom. The number of nitrogens with one attached hydrogen (secondary N) is 2. The number of anilines is 1. The molecule has 2 aliphatic rings. The summed E-state index contributed by atoms with van der Waals surface area (Å²) < 4.78 is 43.3. The molecule has 3 atom stereocenters. The van der Waals surface area contributed by atoms with Gasteiger partial charge in [-0.1, -0.05) is 0 Å². The number of rotatable bonds is 4. The second-order valence-electron chi connectivity index (χ2n) is 10.0. The highest BCUT2D eigenvalue weighted by atomic mass is 19.1. The van der Waals surface area contributed by atoms with Gasteiger partial charge in [-0.05, 0) is 54.2 Å². The maximum Gasteiger partial charge on any atom is 0.255 e. The fraction of sp³-hybridized carbons (Fsp3) is 0.259. The third-order valence-electron chi connectivity index (χ3n) is 8.29. The summed E-state index contributed by atoms with van der Waals surface area (Å²) >= 11 is 0. The van der Waals surface area contributed by atoms with Crippen molar-refractivity contribution in [2.45, 2.75) is 11.8 Å². The molecule has 1 aliphatic carbocycles. The van der Waals surface area contributed by atoms with Crippen molar-refractivity contribution in [2.24, 2.45) is 17.6 Å². The zero-order chi connectivity index (χ0) is 26.2. The SMILES string of the molecule is NC[C@]1(c2cc(F)cc(F)c2)[C@@H]2CCN(c3cnc4c(-c5ccc6c(=O)[nH]ccc6c5F)n[nH]c4n3)C[C@@H]21. The van der Waals surface area contributed by atoms with Gasteiger partial charge in [-0.25, -0.2) is 23.1 Å². The van der Waals surface area contributed by atoms with Crippen LogP contribution in [0.3, 0.4) is 0 Å². The average molecular weight is 518 g/mol. The van der Waals surface area contributed by atoms with Gasteiger partial charge in [0.15, 0.2) is 5.65 Å². The van der Waals surface area contributed by atoms with E-state index in [-0.39, 0.29) is 33.7 Å². The van der Waals surface area contributed by atoms with Crippen LogP contribution in [0.1, 0.15) is 12.0 Å². The number of benzene rings is 2. The summed E-state index contributed by atoms with van der Waals surface area (Å²) in [4.78, 5) is 25.9. The summed E-state index contributed by atoms with van der Waals surface area (Å²) in [6.45, 7) is 1.61. The highest BCUT2D eigenvalue weighted by molar-refractivity contribution is 5.93. The van der Waals surface area contributed by atoms with Crippen molar-refractivity contribution in [3.8, 4) is 11.3 Å². The van der Waals surface area contributed by atoms with Crippen molar-refractivity contribution < 1.29 is 13.2 Å². The molecule has 4 heterocycles. The molecular formula is C27H22F3N7O. The number of aromatic amines is 2. The lowest BCUT2D eigenvalue weighted by molar-refractivity contribution is 0.543. The quantitative estimate of drug-likeness (QED) is 0.335. The Morgan fingerprint density at radius 1 is 1.08 bits per heavy atom. The van der Waals surface area contributed by atoms with Gasteiger partial charge in [0.25, 0.3) is 5.56 Å². The maximum absolute atomic E-state index is 15.3. The molecule has 0 spiro atoms. The molecule has 2 fully saturated rings. The number of fused-ring (bicyclic) bond motifs is 3. The normalized spacial score (nSPS) is 22.7. The Morgan fingerprint density at radius 3 is 2.68 bits per heavy atom. The van der Waals surface area contributed by atoms with Crippen LogP contribution in [0.25, 0.3) is 33.2 Å². The van der Waals surface area contributed by atoms with Gasteiger partial charge in [-0.3, -0.25) is 9.89 Å². The largest absolute Gasteiger partial charge is 0.355 e. The summed E-state index contributed by atoms with van der Waals surface area (Å²) in [6, 6.07) is 8.23. The van der Waals surface area contributed by atoms with Crippen LogP contribution in [0.15, 0.2) is 53.6 Å². The number of piperidine rings is 1. The first-order valence-electron chi connectivity index (χ1n) is 12.3. The van der Waals surface area contributed by atoms with Gasteiger partial charge in [-0.2, -0.15) is 5.10 Å². The summed E-state index contributed by atoms with van der Waals surface area (Å²) in [7, 11) is 0. The minimum atomic E-state index is -0.602. The van der Waals surface area contributed by atoms with Crippen LogP contribution >= 0.6 is 0 Å². The van der Waals surface area contributed by atoms with E-state index >= 15 is 4.39 Å². The predicted molar refractivity (Wildman–Crippen MR) is 136 cm³/mol. The second-order valence-corrected chi connectivity index (χ2v) is 10.0. The molecule has 1 saturated carbocycles. The highest BCUT2D eigenvalue weighted by Gasteiger charge is 2.65. The number of H-pyrrole nitrogens is 2. The van der Waals surface area contributed by atoms with Crippen molar-refractivity contribution in [3.63, 3.8) is 0 Å². The first-order valence-corrected chi connectivity index (χ1v) is 12.3. The topological polar surface area (TPSA) is 117 Å². The Labute approximate surface area is 213 Å². The van der Waals surface area contributed by atoms with E-state index in [2.05, 4.69) is 25.1 Å². The number of aromatic nitrogens is 5. The van der Waals surface area contributed by atoms with Crippen molar-refractivity contribution in [1.29, 1.82) is 0 Å². The van der Waals surface area contributed by atoms with Crippen LogP contribution in [0, 0.1) is 29.3 Å². The lowest BCUT2D eigenvalue weighted by atomic mass is 9.91. The predicted octanol–water partition coefficient (Wildman–Crippen LogP) is 3.63. The van der Waals surface area contributed by atoms with E-state index in [9.17, 15) is 13.6 Å². The molecule has 7 rings (SSSR count). The molecule has 4 N–H and O–H groups in total. The lowest BCUT2D eigenvalue weighted by Gasteiger charge is -2.26. The van der Waals surface area contributed by atoms with Crippen molar-refractivity contribution in [2.75, 3.05) is 24.5 Å². The highest BCUT2D eigenvalue weighted by Crippen LogP contribution is 2.63. The molecule has 0 unspecified atom stereocenters. The first kappa shape index (κ1) is 22.9. The summed E-state index contributed by atoms with van der Waals surface area (Å²) in [5, 5.41) is 7.57. The molecule has 0 radical (unpaired) electrons. The standard InChI is InChI=1S/C27H22F3N7O/c28-14-7-13(8-15(29)9-14)27(12-31)19-4-6-37(11-20(19)27)21-10-33-24-23(35-36-25(24)34-21)18-2-1-17-16(22(18)30)3-5-32-26(17)38/h1-3,5,7-10,19-20H,4,6,11-12,31H2,(H,32,38)(H,34,35,36)/t19-,20+,27+/m1/s1. The minimum absolute atomic E-state index is 0.132. The van der Waals surface area contributed by atoms with E-state index in [1.165, 1.54) is 30.5 Å². The number of halogens is 3. The van der Waals surface area contributed by atoms with Crippen LogP contribution < -0.4 is 16.2 Å². The zero-order valence-electron chi connectivity index (χ0n) is 20.0. The van der Waals surface area contributed by atoms with Gasteiger partial charge >= 0.3 is 0 Å². The van der Waals surface area contributed by atoms with E-state index < -0.39 is 22.9 Å². The minimum Gasteiger partial charge on any atom is -0.355 e. The maximum atomic E-state index is 15.3. The van der Waals surface area contributed by atoms with Gasteiger partial charge in [0.05, 0.1) is 6.20 Å². The molecule has 11 heteroatoms. The summed E-state index contributed by atoms with van der Waals surface area (Å²) in [5.41, 5.74) is 7.27. The van der Waals surface area contributed by atoms with Crippen LogP contribution in [-0.4, -0.2) is 44.8 Å². The van der Waals surface area contributed by atoms with Crippen LogP contribution in [0.2, 0.25) is 0 Å². The van der Waals surface area contributed by atoms with Crippen LogP contribution in [-0.2, 0) is 5.41 Å². The molecule has 8 nitrogen and oxygen atoms in total. The Kier molecular flexibility index (Phi) is 4.90. The van der Waals surface area contributed by atoms with Crippen LogP contribution in [0.5, 0.6) is 0 Å².